The van der Waals surface area contributed by atoms with E-state index in [1.807, 2.05) is 10.8 Å². The summed E-state index contributed by atoms with van der Waals surface area (Å²) in [6, 6.07) is 0. The first-order valence-corrected chi connectivity index (χ1v) is 7.84. The predicted molar refractivity (Wildman–Crippen MR) is 69.0 cm³/mol. The fourth-order valence-corrected chi connectivity index (χ4v) is 6.59. The molecule has 0 aromatic rings. The van der Waals surface area contributed by atoms with Gasteiger partial charge in [0.1, 0.15) is 0 Å². The minimum atomic E-state index is -0.0977. The number of hydrogen-bond donors (Lipinski definition) is 0. The van der Waals surface area contributed by atoms with Gasteiger partial charge in [-0.15, -0.1) is 0 Å². The number of nitrogens with zero attached hydrogens (tertiary/aromatic N) is 1. The molecule has 0 saturated heterocycles. The number of hydrogen-bond acceptors (Lipinski definition) is 3. The average Bonchev–Trinajstić information content (AvgIpc) is 2.71. The highest BCUT2D eigenvalue weighted by atomic mass is 33.1. The van der Waals surface area contributed by atoms with Crippen LogP contribution in [0.4, 0.5) is 0 Å². The van der Waals surface area contributed by atoms with Crippen molar-refractivity contribution in [2.75, 3.05) is 0 Å². The van der Waals surface area contributed by atoms with Crippen LogP contribution < -0.4 is 0 Å². The standard InChI is InChI=1S/C11H15NOS2/c1-11(2,3)10-7-5-4-6-8-9(7)15(14-10)13-12-8/h4-6H2,1-3H3. The Morgan fingerprint density at radius 3 is 2.87 bits per heavy atom. The van der Waals surface area contributed by atoms with E-state index in [1.54, 1.807) is 5.57 Å². The van der Waals surface area contributed by atoms with Gasteiger partial charge in [-0.1, -0.05) is 25.9 Å². The second kappa shape index (κ2) is 3.14. The second-order valence-electron chi connectivity index (χ2n) is 5.17. The highest BCUT2D eigenvalue weighted by Gasteiger charge is 2.39. The van der Waals surface area contributed by atoms with Crippen molar-refractivity contribution in [3.63, 3.8) is 0 Å². The lowest BCUT2D eigenvalue weighted by Crippen LogP contribution is -2.20. The second-order valence-corrected chi connectivity index (χ2v) is 8.18. The fraction of sp³-hybridized carbons (Fsp3) is 0.636. The summed E-state index contributed by atoms with van der Waals surface area (Å²) in [5.74, 6) is 0. The van der Waals surface area contributed by atoms with Gasteiger partial charge < -0.3 is 4.28 Å². The molecule has 0 spiro atoms. The van der Waals surface area contributed by atoms with Crippen molar-refractivity contribution in [2.24, 2.45) is 10.6 Å². The van der Waals surface area contributed by atoms with Gasteiger partial charge in [0, 0.05) is 4.91 Å². The maximum atomic E-state index is 5.52. The summed E-state index contributed by atoms with van der Waals surface area (Å²) in [6.07, 6.45) is 3.57. The molecule has 0 bridgehead atoms. The van der Waals surface area contributed by atoms with E-state index in [0.29, 0.717) is 0 Å². The Kier molecular flexibility index (Phi) is 2.09. The molecule has 1 saturated carbocycles. The first kappa shape index (κ1) is 9.97. The highest BCUT2D eigenvalue weighted by molar-refractivity contribution is 8.84. The molecular weight excluding hydrogens is 226 g/mol. The molecule has 0 aromatic heterocycles. The molecule has 15 heavy (non-hydrogen) atoms. The summed E-state index contributed by atoms with van der Waals surface area (Å²) in [7, 11) is 1.80. The van der Waals surface area contributed by atoms with Gasteiger partial charge in [0.2, 0.25) is 0 Å². The van der Waals surface area contributed by atoms with Crippen molar-refractivity contribution in [3.8, 4) is 0 Å². The van der Waals surface area contributed by atoms with Crippen LogP contribution in [0.25, 0.3) is 0 Å². The van der Waals surface area contributed by atoms with E-state index in [2.05, 4.69) is 25.9 Å². The van der Waals surface area contributed by atoms with E-state index in [0.717, 1.165) is 6.42 Å². The monoisotopic (exact) mass is 241 g/mol. The van der Waals surface area contributed by atoms with Gasteiger partial charge in [-0.25, -0.2) is 0 Å². The molecule has 1 fully saturated rings. The van der Waals surface area contributed by atoms with Crippen molar-refractivity contribution >= 4 is 31.2 Å². The Morgan fingerprint density at radius 2 is 2.13 bits per heavy atom. The van der Waals surface area contributed by atoms with E-state index in [-0.39, 0.29) is 15.2 Å². The van der Waals surface area contributed by atoms with Crippen LogP contribution in [0.15, 0.2) is 15.6 Å². The number of rotatable bonds is 0. The summed E-state index contributed by atoms with van der Waals surface area (Å²) in [5.41, 5.74) is 3.04. The summed E-state index contributed by atoms with van der Waals surface area (Å²) >= 11 is 0. The first-order valence-electron chi connectivity index (χ1n) is 5.35. The molecule has 2 nitrogen and oxygen atoms in total. The van der Waals surface area contributed by atoms with Crippen LogP contribution in [0, 0.1) is 5.41 Å². The molecule has 0 amide bonds. The van der Waals surface area contributed by atoms with Gasteiger partial charge in [0.15, 0.2) is 0 Å². The molecule has 1 aliphatic carbocycles. The minimum absolute atomic E-state index is 0.0977. The molecule has 3 aliphatic rings. The largest absolute Gasteiger partial charge is 0.319 e. The lowest BCUT2D eigenvalue weighted by molar-refractivity contribution is 0.413. The summed E-state index contributed by atoms with van der Waals surface area (Å²) in [4.78, 5) is 2.98. The summed E-state index contributed by atoms with van der Waals surface area (Å²) < 4.78 is 5.52. The first-order chi connectivity index (χ1) is 7.07. The zero-order chi connectivity index (χ0) is 10.6. The van der Waals surface area contributed by atoms with Gasteiger partial charge in [-0.05, 0) is 41.0 Å². The Morgan fingerprint density at radius 1 is 1.33 bits per heavy atom. The summed E-state index contributed by atoms with van der Waals surface area (Å²) in [5, 5.41) is 4.19. The van der Waals surface area contributed by atoms with Crippen LogP contribution in [0.1, 0.15) is 40.0 Å². The lowest BCUT2D eigenvalue weighted by Gasteiger charge is -2.24. The highest BCUT2D eigenvalue weighted by Crippen LogP contribution is 2.58. The van der Waals surface area contributed by atoms with E-state index in [1.165, 1.54) is 28.3 Å². The van der Waals surface area contributed by atoms with Crippen molar-refractivity contribution < 1.29 is 4.28 Å². The maximum Gasteiger partial charge on any atom is 0.0985 e. The van der Waals surface area contributed by atoms with Crippen LogP contribution in [0.3, 0.4) is 0 Å². The van der Waals surface area contributed by atoms with Crippen molar-refractivity contribution in [1.29, 1.82) is 0 Å². The van der Waals surface area contributed by atoms with E-state index < -0.39 is 0 Å². The molecule has 82 valence electrons. The van der Waals surface area contributed by atoms with E-state index in [4.69, 9.17) is 4.28 Å². The fourth-order valence-electron chi connectivity index (χ4n) is 2.21. The van der Waals surface area contributed by atoms with Crippen LogP contribution >= 0.6 is 20.6 Å². The SMILES string of the molecule is CC(C)(C)C1=C2CCCC3=NOS(=C32)S1. The molecule has 0 radical (unpaired) electrons. The molecule has 4 heteroatoms. The van der Waals surface area contributed by atoms with Crippen LogP contribution in [0.2, 0.25) is 0 Å². The molecule has 0 N–H and O–H groups in total. The normalized spacial score (nSPS) is 29.1. The molecule has 1 unspecified atom stereocenters. The smallest absolute Gasteiger partial charge is 0.0985 e. The Labute approximate surface area is 96.7 Å². The van der Waals surface area contributed by atoms with Gasteiger partial charge in [0.05, 0.1) is 20.4 Å². The van der Waals surface area contributed by atoms with Crippen LogP contribution in [0.5, 0.6) is 0 Å². The predicted octanol–water partition coefficient (Wildman–Crippen LogP) is 3.87. The van der Waals surface area contributed by atoms with Gasteiger partial charge in [0.25, 0.3) is 0 Å². The summed E-state index contributed by atoms with van der Waals surface area (Å²) in [6.45, 7) is 6.87. The number of oxime groups is 1. The Hall–Kier alpha value is -0.220. The van der Waals surface area contributed by atoms with Gasteiger partial charge >= 0.3 is 0 Å². The van der Waals surface area contributed by atoms with Crippen LogP contribution in [-0.4, -0.2) is 10.6 Å². The molecule has 1 atom stereocenters. The molecular formula is C11H15NOS2. The van der Waals surface area contributed by atoms with Gasteiger partial charge in [-0.2, -0.15) is 0 Å². The maximum absolute atomic E-state index is 5.52. The molecule has 0 aromatic carbocycles. The van der Waals surface area contributed by atoms with E-state index in [9.17, 15) is 0 Å². The Bertz CT molecular complexity index is 426. The van der Waals surface area contributed by atoms with Crippen molar-refractivity contribution in [2.45, 2.75) is 40.0 Å². The third-order valence-corrected chi connectivity index (χ3v) is 6.71. The van der Waals surface area contributed by atoms with Crippen LogP contribution in [-0.2, 0) is 4.28 Å². The third kappa shape index (κ3) is 1.41. The zero-order valence-corrected chi connectivity index (χ0v) is 10.9. The molecule has 3 rings (SSSR count). The lowest BCUT2D eigenvalue weighted by atomic mass is 9.85. The van der Waals surface area contributed by atoms with Gasteiger partial charge in [-0.3, -0.25) is 0 Å². The van der Waals surface area contributed by atoms with Crippen molar-refractivity contribution in [1.82, 2.24) is 0 Å². The third-order valence-electron chi connectivity index (χ3n) is 2.87. The van der Waals surface area contributed by atoms with Crippen molar-refractivity contribution in [3.05, 3.63) is 10.5 Å². The quantitative estimate of drug-likeness (QED) is 0.474. The zero-order valence-electron chi connectivity index (χ0n) is 9.29. The number of allylic oxidation sites excluding steroid dienone is 2. The average molecular weight is 241 g/mol. The molecule has 2 heterocycles. The molecule has 2 aliphatic heterocycles. The minimum Gasteiger partial charge on any atom is -0.319 e. The Balaban J connectivity index is 2.09. The van der Waals surface area contributed by atoms with E-state index >= 15 is 0 Å². The topological polar surface area (TPSA) is 21.6 Å².